The van der Waals surface area contributed by atoms with Crippen LogP contribution >= 0.6 is 11.6 Å². The summed E-state index contributed by atoms with van der Waals surface area (Å²) in [5, 5.41) is 0.680. The van der Waals surface area contributed by atoms with Crippen LogP contribution in [0.2, 0.25) is 5.02 Å². The predicted octanol–water partition coefficient (Wildman–Crippen LogP) is 3.24. The van der Waals surface area contributed by atoms with Crippen LogP contribution < -0.4 is 10.5 Å². The lowest BCUT2D eigenvalue weighted by atomic mass is 10.1. The van der Waals surface area contributed by atoms with Crippen molar-refractivity contribution in [2.75, 3.05) is 18.0 Å². The van der Waals surface area contributed by atoms with Gasteiger partial charge in [-0.3, -0.25) is 9.36 Å². The van der Waals surface area contributed by atoms with Crippen LogP contribution in [0, 0.1) is 6.92 Å². The van der Waals surface area contributed by atoms with Gasteiger partial charge in [0.1, 0.15) is 0 Å². The van der Waals surface area contributed by atoms with Gasteiger partial charge in [0.25, 0.3) is 5.56 Å². The van der Waals surface area contributed by atoms with E-state index in [0.29, 0.717) is 11.6 Å². The van der Waals surface area contributed by atoms with E-state index in [0.717, 1.165) is 43.1 Å². The van der Waals surface area contributed by atoms with Crippen molar-refractivity contribution in [2.24, 2.45) is 0 Å². The SMILES string of the molecule is Cc1cc(=O)n(Cc2ccccc2Cl)c(N2CCCCC2)n1. The maximum Gasteiger partial charge on any atom is 0.255 e. The van der Waals surface area contributed by atoms with Gasteiger partial charge in [-0.1, -0.05) is 29.8 Å². The average molecular weight is 318 g/mol. The van der Waals surface area contributed by atoms with Crippen molar-refractivity contribution in [1.29, 1.82) is 0 Å². The third-order valence-electron chi connectivity index (χ3n) is 4.04. The van der Waals surface area contributed by atoms with Crippen molar-refractivity contribution in [3.05, 3.63) is 57.0 Å². The molecule has 0 amide bonds. The summed E-state index contributed by atoms with van der Waals surface area (Å²) in [6.07, 6.45) is 3.54. The third-order valence-corrected chi connectivity index (χ3v) is 4.41. The van der Waals surface area contributed by atoms with Crippen LogP contribution in [0.15, 0.2) is 35.1 Å². The first kappa shape index (κ1) is 15.1. The van der Waals surface area contributed by atoms with Crippen molar-refractivity contribution in [1.82, 2.24) is 9.55 Å². The van der Waals surface area contributed by atoms with E-state index >= 15 is 0 Å². The van der Waals surface area contributed by atoms with E-state index in [2.05, 4.69) is 9.88 Å². The highest BCUT2D eigenvalue weighted by Gasteiger charge is 2.18. The first-order valence-electron chi connectivity index (χ1n) is 7.72. The van der Waals surface area contributed by atoms with Crippen molar-refractivity contribution < 1.29 is 0 Å². The number of rotatable bonds is 3. The molecule has 0 saturated carbocycles. The van der Waals surface area contributed by atoms with Crippen LogP contribution in [0.1, 0.15) is 30.5 Å². The van der Waals surface area contributed by atoms with Gasteiger partial charge in [0, 0.05) is 29.9 Å². The molecule has 116 valence electrons. The molecule has 0 N–H and O–H groups in total. The van der Waals surface area contributed by atoms with E-state index < -0.39 is 0 Å². The van der Waals surface area contributed by atoms with Gasteiger partial charge < -0.3 is 4.90 Å². The molecule has 1 aromatic carbocycles. The van der Waals surface area contributed by atoms with E-state index in [9.17, 15) is 4.79 Å². The Morgan fingerprint density at radius 2 is 1.91 bits per heavy atom. The Morgan fingerprint density at radius 1 is 1.18 bits per heavy atom. The second-order valence-electron chi connectivity index (χ2n) is 5.76. The summed E-state index contributed by atoms with van der Waals surface area (Å²) in [7, 11) is 0. The standard InChI is InChI=1S/C17H20ClN3O/c1-13-11-16(22)21(12-14-7-3-4-8-15(14)18)17(19-13)20-9-5-2-6-10-20/h3-4,7-8,11H,2,5-6,9-10,12H2,1H3. The molecule has 4 nitrogen and oxygen atoms in total. The van der Waals surface area contributed by atoms with Crippen LogP contribution in [0.25, 0.3) is 0 Å². The number of benzene rings is 1. The number of hydrogen-bond donors (Lipinski definition) is 0. The summed E-state index contributed by atoms with van der Waals surface area (Å²) < 4.78 is 1.74. The van der Waals surface area contributed by atoms with Crippen molar-refractivity contribution in [3.8, 4) is 0 Å². The van der Waals surface area contributed by atoms with Gasteiger partial charge in [0.05, 0.1) is 6.54 Å². The molecule has 1 aromatic heterocycles. The number of nitrogens with zero attached hydrogens (tertiary/aromatic N) is 3. The molecule has 1 saturated heterocycles. The Kier molecular flexibility index (Phi) is 4.48. The molecule has 0 atom stereocenters. The largest absolute Gasteiger partial charge is 0.342 e. The molecule has 0 aliphatic carbocycles. The van der Waals surface area contributed by atoms with Crippen molar-refractivity contribution in [3.63, 3.8) is 0 Å². The van der Waals surface area contributed by atoms with Gasteiger partial charge in [-0.2, -0.15) is 0 Å². The summed E-state index contributed by atoms with van der Waals surface area (Å²) in [6.45, 7) is 4.24. The maximum atomic E-state index is 12.5. The molecule has 2 aromatic rings. The molecular weight excluding hydrogens is 298 g/mol. The van der Waals surface area contributed by atoms with E-state index in [1.807, 2.05) is 31.2 Å². The number of aromatic nitrogens is 2. The quantitative estimate of drug-likeness (QED) is 0.872. The van der Waals surface area contributed by atoms with E-state index in [1.54, 1.807) is 10.6 Å². The predicted molar refractivity (Wildman–Crippen MR) is 89.9 cm³/mol. The summed E-state index contributed by atoms with van der Waals surface area (Å²) in [5.74, 6) is 0.768. The Morgan fingerprint density at radius 3 is 2.64 bits per heavy atom. The normalized spacial score (nSPS) is 15.1. The van der Waals surface area contributed by atoms with E-state index in [-0.39, 0.29) is 5.56 Å². The van der Waals surface area contributed by atoms with Gasteiger partial charge in [-0.15, -0.1) is 0 Å². The van der Waals surface area contributed by atoms with Crippen LogP contribution in [0.5, 0.6) is 0 Å². The zero-order valence-electron chi connectivity index (χ0n) is 12.8. The van der Waals surface area contributed by atoms with Gasteiger partial charge in [0.15, 0.2) is 0 Å². The fraction of sp³-hybridized carbons (Fsp3) is 0.412. The Labute approximate surface area is 135 Å². The summed E-state index contributed by atoms with van der Waals surface area (Å²) >= 11 is 6.25. The van der Waals surface area contributed by atoms with Crippen LogP contribution in [-0.2, 0) is 6.54 Å². The summed E-state index contributed by atoms with van der Waals surface area (Å²) in [5.41, 5.74) is 1.68. The first-order valence-corrected chi connectivity index (χ1v) is 8.10. The number of piperidine rings is 1. The topological polar surface area (TPSA) is 38.1 Å². The molecule has 0 unspecified atom stereocenters. The first-order chi connectivity index (χ1) is 10.6. The lowest BCUT2D eigenvalue weighted by Gasteiger charge is -2.29. The monoisotopic (exact) mass is 317 g/mol. The molecule has 2 heterocycles. The minimum absolute atomic E-state index is 0.0204. The minimum atomic E-state index is -0.0204. The van der Waals surface area contributed by atoms with Gasteiger partial charge in [-0.05, 0) is 37.8 Å². The molecule has 3 rings (SSSR count). The molecule has 0 bridgehead atoms. The summed E-state index contributed by atoms with van der Waals surface area (Å²) in [4.78, 5) is 19.3. The molecule has 1 fully saturated rings. The van der Waals surface area contributed by atoms with E-state index in [1.165, 1.54) is 6.42 Å². The van der Waals surface area contributed by atoms with Gasteiger partial charge >= 0.3 is 0 Å². The Bertz CT molecular complexity index is 720. The Balaban J connectivity index is 2.02. The van der Waals surface area contributed by atoms with Crippen LogP contribution in [0.4, 0.5) is 5.95 Å². The molecule has 5 heteroatoms. The molecular formula is C17H20ClN3O. The molecule has 22 heavy (non-hydrogen) atoms. The molecule has 0 spiro atoms. The highest BCUT2D eigenvalue weighted by Crippen LogP contribution is 2.20. The van der Waals surface area contributed by atoms with Crippen molar-refractivity contribution >= 4 is 17.5 Å². The molecule has 0 radical (unpaired) electrons. The number of aryl methyl sites for hydroxylation is 1. The van der Waals surface area contributed by atoms with Crippen LogP contribution in [0.3, 0.4) is 0 Å². The average Bonchev–Trinajstić information content (AvgIpc) is 2.52. The number of anilines is 1. The maximum absolute atomic E-state index is 12.5. The lowest BCUT2D eigenvalue weighted by Crippen LogP contribution is -2.36. The fourth-order valence-corrected chi connectivity index (χ4v) is 3.08. The number of halogens is 1. The van der Waals surface area contributed by atoms with Crippen LogP contribution in [-0.4, -0.2) is 22.6 Å². The van der Waals surface area contributed by atoms with E-state index in [4.69, 9.17) is 11.6 Å². The minimum Gasteiger partial charge on any atom is -0.342 e. The third kappa shape index (κ3) is 3.17. The zero-order chi connectivity index (χ0) is 15.5. The van der Waals surface area contributed by atoms with Crippen molar-refractivity contribution in [2.45, 2.75) is 32.7 Å². The summed E-state index contributed by atoms with van der Waals surface area (Å²) in [6, 6.07) is 9.23. The molecule has 1 aliphatic heterocycles. The number of hydrogen-bond acceptors (Lipinski definition) is 3. The van der Waals surface area contributed by atoms with Gasteiger partial charge in [-0.25, -0.2) is 4.98 Å². The zero-order valence-corrected chi connectivity index (χ0v) is 13.5. The smallest absolute Gasteiger partial charge is 0.255 e. The molecule has 1 aliphatic rings. The van der Waals surface area contributed by atoms with Gasteiger partial charge in [0.2, 0.25) is 5.95 Å². The lowest BCUT2D eigenvalue weighted by molar-refractivity contribution is 0.550. The second kappa shape index (κ2) is 6.53. The fourth-order valence-electron chi connectivity index (χ4n) is 2.89. The second-order valence-corrected chi connectivity index (χ2v) is 6.17. The Hall–Kier alpha value is -1.81. The highest BCUT2D eigenvalue weighted by molar-refractivity contribution is 6.31. The highest BCUT2D eigenvalue weighted by atomic mass is 35.5.